The minimum atomic E-state index is -0.327. The molecule has 0 aliphatic rings. The summed E-state index contributed by atoms with van der Waals surface area (Å²) in [5.74, 6) is 0. The molecule has 0 fully saturated rings. The second kappa shape index (κ2) is 6.34. The van der Waals surface area contributed by atoms with Crippen molar-refractivity contribution in [3.05, 3.63) is 18.0 Å². The lowest BCUT2D eigenvalue weighted by molar-refractivity contribution is -0.00909. The van der Waals surface area contributed by atoms with E-state index >= 15 is 0 Å². The van der Waals surface area contributed by atoms with Crippen molar-refractivity contribution < 1.29 is 5.11 Å². The molecule has 18 heavy (non-hydrogen) atoms. The third-order valence-corrected chi connectivity index (χ3v) is 3.99. The molecule has 0 aliphatic carbocycles. The molecule has 1 unspecified atom stereocenters. The first-order valence-electron chi connectivity index (χ1n) is 6.83. The molecule has 1 rings (SSSR count). The van der Waals surface area contributed by atoms with Crippen LogP contribution in [0.3, 0.4) is 0 Å². The Morgan fingerprint density at radius 3 is 2.44 bits per heavy atom. The van der Waals surface area contributed by atoms with E-state index in [1.165, 1.54) is 5.69 Å². The molecule has 0 bridgehead atoms. The molecule has 1 aromatic heterocycles. The number of hydrogen-bond donors (Lipinski definition) is 1. The molecule has 0 saturated carbocycles. The Labute approximate surface area is 111 Å². The molecule has 4 heteroatoms. The van der Waals surface area contributed by atoms with E-state index in [0.717, 1.165) is 25.9 Å². The molecule has 0 aromatic carbocycles. The van der Waals surface area contributed by atoms with E-state index in [4.69, 9.17) is 0 Å². The zero-order valence-corrected chi connectivity index (χ0v) is 12.3. The summed E-state index contributed by atoms with van der Waals surface area (Å²) >= 11 is 0. The Hall–Kier alpha value is -0.870. The van der Waals surface area contributed by atoms with Gasteiger partial charge in [0.1, 0.15) is 0 Å². The lowest BCUT2D eigenvalue weighted by Gasteiger charge is -2.41. The highest BCUT2D eigenvalue weighted by Gasteiger charge is 2.32. The largest absolute Gasteiger partial charge is 0.391 e. The first-order chi connectivity index (χ1) is 8.43. The molecule has 0 aliphatic heterocycles. The van der Waals surface area contributed by atoms with Gasteiger partial charge in [-0.25, -0.2) is 0 Å². The van der Waals surface area contributed by atoms with Crippen molar-refractivity contribution in [2.45, 2.75) is 52.2 Å². The van der Waals surface area contributed by atoms with Gasteiger partial charge >= 0.3 is 0 Å². The number of aliphatic hydroxyl groups excluding tert-OH is 1. The number of hydrogen-bond acceptors (Lipinski definition) is 3. The van der Waals surface area contributed by atoms with Crippen molar-refractivity contribution in [2.24, 2.45) is 7.05 Å². The molecule has 0 saturated heterocycles. The number of nitrogens with zero attached hydrogens (tertiary/aromatic N) is 3. The van der Waals surface area contributed by atoms with E-state index in [-0.39, 0.29) is 11.6 Å². The van der Waals surface area contributed by atoms with Crippen LogP contribution in [0, 0.1) is 0 Å². The zero-order chi connectivity index (χ0) is 13.8. The van der Waals surface area contributed by atoms with Crippen LogP contribution in [0.15, 0.2) is 12.3 Å². The van der Waals surface area contributed by atoms with Crippen molar-refractivity contribution in [3.8, 4) is 0 Å². The highest BCUT2D eigenvalue weighted by Crippen LogP contribution is 2.22. The summed E-state index contributed by atoms with van der Waals surface area (Å²) < 4.78 is 1.87. The summed E-state index contributed by atoms with van der Waals surface area (Å²) in [6, 6.07) is 2.01. The smallest absolute Gasteiger partial charge is 0.0722 e. The van der Waals surface area contributed by atoms with Crippen molar-refractivity contribution in [1.29, 1.82) is 0 Å². The molecule has 1 N–H and O–H groups in total. The normalized spacial score (nSPS) is 14.2. The third-order valence-electron chi connectivity index (χ3n) is 3.99. The summed E-state index contributed by atoms with van der Waals surface area (Å²) in [6.07, 6.45) is 3.11. The molecule has 104 valence electrons. The van der Waals surface area contributed by atoms with E-state index in [1.54, 1.807) is 6.20 Å². The maximum Gasteiger partial charge on any atom is 0.0722 e. The Balaban J connectivity index is 2.59. The standard InChI is InChI=1S/C14H27N3O/c1-6-17(7-2)14(3,4)13(18)9-8-12-10-11-15-16(12)5/h10-11,13,18H,6-9H2,1-5H3. The van der Waals surface area contributed by atoms with E-state index in [9.17, 15) is 5.11 Å². The van der Waals surface area contributed by atoms with Gasteiger partial charge in [0.2, 0.25) is 0 Å². The van der Waals surface area contributed by atoms with Gasteiger partial charge < -0.3 is 5.11 Å². The van der Waals surface area contributed by atoms with Crippen LogP contribution in [0.5, 0.6) is 0 Å². The molecule has 0 amide bonds. The summed E-state index contributed by atoms with van der Waals surface area (Å²) in [5.41, 5.74) is 0.992. The highest BCUT2D eigenvalue weighted by molar-refractivity contribution is 5.01. The SMILES string of the molecule is CCN(CC)C(C)(C)C(O)CCc1ccnn1C. The van der Waals surface area contributed by atoms with Crippen molar-refractivity contribution in [3.63, 3.8) is 0 Å². The average molecular weight is 253 g/mol. The number of aryl methyl sites for hydroxylation is 2. The predicted octanol–water partition coefficient (Wildman–Crippen LogP) is 1.83. The number of rotatable bonds is 7. The van der Waals surface area contributed by atoms with Crippen LogP contribution < -0.4 is 0 Å². The average Bonchev–Trinajstić information content (AvgIpc) is 2.73. The lowest BCUT2D eigenvalue weighted by atomic mass is 9.91. The Bertz CT molecular complexity index is 356. The zero-order valence-electron chi connectivity index (χ0n) is 12.3. The van der Waals surface area contributed by atoms with Crippen LogP contribution >= 0.6 is 0 Å². The third kappa shape index (κ3) is 3.33. The van der Waals surface area contributed by atoms with Gasteiger partial charge in [0, 0.05) is 24.5 Å². The first kappa shape index (κ1) is 15.2. The highest BCUT2D eigenvalue weighted by atomic mass is 16.3. The van der Waals surface area contributed by atoms with E-state index in [1.807, 2.05) is 17.8 Å². The first-order valence-corrected chi connectivity index (χ1v) is 6.83. The van der Waals surface area contributed by atoms with Gasteiger partial charge in [-0.1, -0.05) is 13.8 Å². The fourth-order valence-corrected chi connectivity index (χ4v) is 2.53. The second-order valence-corrected chi connectivity index (χ2v) is 5.33. The van der Waals surface area contributed by atoms with Gasteiger partial charge in [0.25, 0.3) is 0 Å². The van der Waals surface area contributed by atoms with Crippen molar-refractivity contribution >= 4 is 0 Å². The molecule has 1 atom stereocenters. The van der Waals surface area contributed by atoms with Crippen molar-refractivity contribution in [2.75, 3.05) is 13.1 Å². The van der Waals surface area contributed by atoms with Gasteiger partial charge in [0.05, 0.1) is 6.10 Å². The van der Waals surface area contributed by atoms with Crippen LogP contribution in [-0.4, -0.2) is 44.5 Å². The Morgan fingerprint density at radius 1 is 1.39 bits per heavy atom. The van der Waals surface area contributed by atoms with Crippen LogP contribution in [0.25, 0.3) is 0 Å². The molecule has 0 spiro atoms. The maximum absolute atomic E-state index is 10.4. The second-order valence-electron chi connectivity index (χ2n) is 5.33. The van der Waals surface area contributed by atoms with Crippen LogP contribution in [0.2, 0.25) is 0 Å². The summed E-state index contributed by atoms with van der Waals surface area (Å²) in [7, 11) is 1.94. The predicted molar refractivity (Wildman–Crippen MR) is 74.5 cm³/mol. The minimum Gasteiger partial charge on any atom is -0.391 e. The van der Waals surface area contributed by atoms with Gasteiger partial charge in [-0.2, -0.15) is 5.10 Å². The van der Waals surface area contributed by atoms with Crippen LogP contribution in [-0.2, 0) is 13.5 Å². The van der Waals surface area contributed by atoms with Crippen LogP contribution in [0.1, 0.15) is 39.8 Å². The van der Waals surface area contributed by atoms with Gasteiger partial charge in [0.15, 0.2) is 0 Å². The summed E-state index contributed by atoms with van der Waals surface area (Å²) in [4.78, 5) is 2.31. The maximum atomic E-state index is 10.4. The minimum absolute atomic E-state index is 0.178. The number of aliphatic hydroxyl groups is 1. The Kier molecular flexibility index (Phi) is 5.35. The number of aromatic nitrogens is 2. The van der Waals surface area contributed by atoms with E-state index in [2.05, 4.69) is 37.7 Å². The molecule has 1 heterocycles. The van der Waals surface area contributed by atoms with Gasteiger partial charge in [-0.05, 0) is 45.8 Å². The Morgan fingerprint density at radius 2 is 2.00 bits per heavy atom. The molecule has 4 nitrogen and oxygen atoms in total. The monoisotopic (exact) mass is 253 g/mol. The summed E-state index contributed by atoms with van der Waals surface area (Å²) in [5, 5.41) is 14.6. The number of likely N-dealkylation sites (N-methyl/N-ethyl adjacent to an activating group) is 1. The van der Waals surface area contributed by atoms with E-state index in [0.29, 0.717) is 0 Å². The summed E-state index contributed by atoms with van der Waals surface area (Å²) in [6.45, 7) is 10.4. The van der Waals surface area contributed by atoms with Gasteiger partial charge in [-0.15, -0.1) is 0 Å². The van der Waals surface area contributed by atoms with Crippen LogP contribution in [0.4, 0.5) is 0 Å². The van der Waals surface area contributed by atoms with Gasteiger partial charge in [-0.3, -0.25) is 9.58 Å². The molecular weight excluding hydrogens is 226 g/mol. The topological polar surface area (TPSA) is 41.3 Å². The van der Waals surface area contributed by atoms with Crippen molar-refractivity contribution in [1.82, 2.24) is 14.7 Å². The molecule has 1 aromatic rings. The fourth-order valence-electron chi connectivity index (χ4n) is 2.53. The fraction of sp³-hybridized carbons (Fsp3) is 0.786. The molecular formula is C14H27N3O. The quantitative estimate of drug-likeness (QED) is 0.806. The van der Waals surface area contributed by atoms with E-state index < -0.39 is 0 Å². The molecule has 0 radical (unpaired) electrons. The lowest BCUT2D eigenvalue weighted by Crippen LogP contribution is -2.52.